The molecule has 5 heterocycles. The molecule has 0 amide bonds. The highest BCUT2D eigenvalue weighted by molar-refractivity contribution is 7.01. The maximum atomic E-state index is 6.90. The number of para-hydroxylation sites is 3. The molecular formula is C44H22BNO2. The van der Waals surface area contributed by atoms with Crippen LogP contribution in [0.5, 0.6) is 0 Å². The van der Waals surface area contributed by atoms with Crippen molar-refractivity contribution in [2.45, 2.75) is 0 Å². The van der Waals surface area contributed by atoms with Crippen LogP contribution in [0.2, 0.25) is 0 Å². The van der Waals surface area contributed by atoms with Crippen LogP contribution in [0.1, 0.15) is 0 Å². The number of hydrogen-bond donors (Lipinski definition) is 0. The molecule has 0 spiro atoms. The molecule has 218 valence electrons. The highest BCUT2D eigenvalue weighted by atomic mass is 16.3. The van der Waals surface area contributed by atoms with Gasteiger partial charge in [0.2, 0.25) is 0 Å². The zero-order valence-electron chi connectivity index (χ0n) is 25.5. The molecular weight excluding hydrogens is 585 g/mol. The highest BCUT2D eigenvalue weighted by Gasteiger charge is 2.45. The second kappa shape index (κ2) is 7.99. The summed E-state index contributed by atoms with van der Waals surface area (Å²) in [5.41, 5.74) is 16.2. The van der Waals surface area contributed by atoms with Gasteiger partial charge in [0.1, 0.15) is 22.3 Å². The minimum atomic E-state index is -0.125. The predicted molar refractivity (Wildman–Crippen MR) is 200 cm³/mol. The van der Waals surface area contributed by atoms with Crippen LogP contribution >= 0.6 is 0 Å². The molecule has 8 aromatic carbocycles. The van der Waals surface area contributed by atoms with E-state index in [9.17, 15) is 0 Å². The lowest BCUT2D eigenvalue weighted by atomic mass is 9.34. The quantitative estimate of drug-likeness (QED) is 0.174. The summed E-state index contributed by atoms with van der Waals surface area (Å²) in [6, 6.07) is 48.8. The van der Waals surface area contributed by atoms with E-state index < -0.39 is 0 Å². The van der Waals surface area contributed by atoms with E-state index in [4.69, 9.17) is 8.83 Å². The fraction of sp³-hybridized carbons (Fsp3) is 0. The molecule has 0 N–H and O–H groups in total. The molecule has 0 radical (unpaired) electrons. The third-order valence-electron chi connectivity index (χ3n) is 11.3. The first-order valence-electron chi connectivity index (χ1n) is 16.6. The molecule has 0 saturated carbocycles. The lowest BCUT2D eigenvalue weighted by molar-refractivity contribution is 0.660. The van der Waals surface area contributed by atoms with Gasteiger partial charge in [0, 0.05) is 60.3 Å². The van der Waals surface area contributed by atoms with Crippen molar-refractivity contribution < 1.29 is 8.83 Å². The number of fused-ring (bicyclic) bond motifs is 8. The van der Waals surface area contributed by atoms with Crippen LogP contribution in [-0.2, 0) is 0 Å². The Hall–Kier alpha value is -6.26. The summed E-state index contributed by atoms with van der Waals surface area (Å²) in [6.45, 7) is -0.125. The summed E-state index contributed by atoms with van der Waals surface area (Å²) in [5, 5.41) is 9.63. The van der Waals surface area contributed by atoms with Gasteiger partial charge in [0.25, 0.3) is 6.71 Å². The predicted octanol–water partition coefficient (Wildman–Crippen LogP) is 10.1. The average Bonchev–Trinajstić information content (AvgIpc) is 3.70. The fourth-order valence-corrected chi connectivity index (χ4v) is 9.51. The Kier molecular flexibility index (Phi) is 3.99. The Morgan fingerprint density at radius 1 is 0.417 bits per heavy atom. The van der Waals surface area contributed by atoms with Crippen molar-refractivity contribution in [1.82, 2.24) is 0 Å². The normalized spacial score (nSPS) is 13.8. The molecule has 10 aromatic rings. The van der Waals surface area contributed by atoms with Gasteiger partial charge in [-0.2, -0.15) is 0 Å². The van der Waals surface area contributed by atoms with Gasteiger partial charge in [0.15, 0.2) is 0 Å². The summed E-state index contributed by atoms with van der Waals surface area (Å²) < 4.78 is 13.8. The van der Waals surface area contributed by atoms with Crippen LogP contribution in [0.4, 0.5) is 17.1 Å². The van der Waals surface area contributed by atoms with Gasteiger partial charge in [0.05, 0.1) is 5.69 Å². The van der Waals surface area contributed by atoms with Crippen LogP contribution in [-0.4, -0.2) is 6.71 Å². The Morgan fingerprint density at radius 3 is 1.48 bits per heavy atom. The molecule has 0 bridgehead atoms. The molecule has 0 atom stereocenters. The van der Waals surface area contributed by atoms with Gasteiger partial charge in [-0.25, -0.2) is 0 Å². The van der Waals surface area contributed by atoms with Crippen molar-refractivity contribution in [2.75, 3.05) is 4.90 Å². The molecule has 48 heavy (non-hydrogen) atoms. The Balaban J connectivity index is 1.30. The van der Waals surface area contributed by atoms with Gasteiger partial charge >= 0.3 is 0 Å². The van der Waals surface area contributed by atoms with E-state index in [1.165, 1.54) is 71.8 Å². The van der Waals surface area contributed by atoms with Gasteiger partial charge in [-0.15, -0.1) is 0 Å². The van der Waals surface area contributed by atoms with Crippen molar-refractivity contribution in [3.63, 3.8) is 0 Å². The average molecular weight is 607 g/mol. The van der Waals surface area contributed by atoms with Crippen molar-refractivity contribution in [2.24, 2.45) is 0 Å². The lowest BCUT2D eigenvalue weighted by Gasteiger charge is -2.45. The summed E-state index contributed by atoms with van der Waals surface area (Å²) in [7, 11) is 0. The lowest BCUT2D eigenvalue weighted by Crippen LogP contribution is -2.58. The van der Waals surface area contributed by atoms with Crippen molar-refractivity contribution >= 4 is 106 Å². The molecule has 0 fully saturated rings. The Labute approximate surface area is 274 Å². The highest BCUT2D eigenvalue weighted by Crippen LogP contribution is 2.59. The first kappa shape index (κ1) is 24.0. The van der Waals surface area contributed by atoms with E-state index in [0.29, 0.717) is 0 Å². The molecule has 2 aromatic heterocycles. The molecule has 0 aliphatic carbocycles. The molecule has 4 heteroatoms. The Bertz CT molecular complexity index is 2940. The van der Waals surface area contributed by atoms with E-state index in [2.05, 4.69) is 138 Å². The number of rotatable bonds is 1. The topological polar surface area (TPSA) is 29.5 Å². The summed E-state index contributed by atoms with van der Waals surface area (Å²) in [4.78, 5) is 2.60. The largest absolute Gasteiger partial charge is 0.456 e. The first-order valence-corrected chi connectivity index (χ1v) is 16.6. The Morgan fingerprint density at radius 2 is 0.917 bits per heavy atom. The van der Waals surface area contributed by atoms with E-state index in [1.54, 1.807) is 0 Å². The molecule has 3 nitrogen and oxygen atoms in total. The number of benzene rings is 8. The minimum Gasteiger partial charge on any atom is -0.456 e. The standard InChI is InChI=1S/C44H22BNO2/c1-3-16-35-25(10-1)31-22-32-26-11-2-4-17-36(26)48-44(32)39(43(31)47-35)45-33-20-18-23-8-5-12-27-29-14-7-15-30-28-13-6-9-24-19-21-34(45)42(38(24)28)46(40(29)30)41(33)37(23)27/h1-22H. The van der Waals surface area contributed by atoms with Crippen LogP contribution in [0, 0.1) is 0 Å². The number of furan rings is 2. The minimum absolute atomic E-state index is 0.125. The van der Waals surface area contributed by atoms with Crippen molar-refractivity contribution in [1.29, 1.82) is 0 Å². The smallest absolute Gasteiger partial charge is 0.256 e. The third-order valence-corrected chi connectivity index (χ3v) is 11.3. The molecule has 3 aliphatic heterocycles. The van der Waals surface area contributed by atoms with E-state index >= 15 is 0 Å². The van der Waals surface area contributed by atoms with Crippen molar-refractivity contribution in [3.05, 3.63) is 133 Å². The van der Waals surface area contributed by atoms with E-state index in [-0.39, 0.29) is 6.71 Å². The maximum Gasteiger partial charge on any atom is 0.256 e. The van der Waals surface area contributed by atoms with Gasteiger partial charge in [-0.05, 0) is 51.0 Å². The zero-order valence-corrected chi connectivity index (χ0v) is 25.5. The second-order valence-electron chi connectivity index (χ2n) is 13.5. The van der Waals surface area contributed by atoms with E-state index in [0.717, 1.165) is 49.3 Å². The number of hydrogen-bond acceptors (Lipinski definition) is 3. The van der Waals surface area contributed by atoms with Crippen LogP contribution in [0.25, 0.3) is 87.7 Å². The van der Waals surface area contributed by atoms with Crippen LogP contribution in [0.15, 0.2) is 142 Å². The van der Waals surface area contributed by atoms with E-state index in [1.807, 2.05) is 0 Å². The molecule has 0 saturated heterocycles. The molecule has 13 rings (SSSR count). The van der Waals surface area contributed by atoms with Crippen LogP contribution < -0.4 is 21.3 Å². The third kappa shape index (κ3) is 2.59. The fourth-order valence-electron chi connectivity index (χ4n) is 9.51. The SMILES string of the molecule is c1cc2c3c(c1)-c1cccc4ccc5c(c14)N3c1c(ccc3cccc-2c13)B5c1c2oc3ccccc3c2cc2c1oc1ccccc12. The summed E-state index contributed by atoms with van der Waals surface area (Å²) in [6.07, 6.45) is 0. The summed E-state index contributed by atoms with van der Waals surface area (Å²) >= 11 is 0. The van der Waals surface area contributed by atoms with Gasteiger partial charge in [-0.3, -0.25) is 0 Å². The molecule has 3 aliphatic rings. The number of anilines is 3. The number of nitrogens with zero attached hydrogens (tertiary/aromatic N) is 1. The van der Waals surface area contributed by atoms with Gasteiger partial charge in [-0.1, -0.05) is 115 Å². The summed E-state index contributed by atoms with van der Waals surface area (Å²) in [5.74, 6) is 0. The first-order chi connectivity index (χ1) is 23.8. The maximum absolute atomic E-state index is 6.90. The zero-order chi connectivity index (χ0) is 30.8. The second-order valence-corrected chi connectivity index (χ2v) is 13.5. The van der Waals surface area contributed by atoms with Crippen LogP contribution in [0.3, 0.4) is 0 Å². The van der Waals surface area contributed by atoms with Gasteiger partial charge < -0.3 is 13.7 Å². The van der Waals surface area contributed by atoms with Crippen molar-refractivity contribution in [3.8, 4) is 22.3 Å². The molecule has 0 unspecified atom stereocenters. The monoisotopic (exact) mass is 607 g/mol.